The zero-order valence-corrected chi connectivity index (χ0v) is 16.3. The maximum absolute atomic E-state index is 13.7. The normalized spacial score (nSPS) is 22.1. The third kappa shape index (κ3) is 4.47. The van der Waals surface area contributed by atoms with Crippen molar-refractivity contribution in [3.05, 3.63) is 59.9 Å². The molecule has 30 heavy (non-hydrogen) atoms. The van der Waals surface area contributed by atoms with E-state index in [4.69, 9.17) is 0 Å². The van der Waals surface area contributed by atoms with E-state index in [1.165, 1.54) is 6.07 Å². The molecule has 0 bridgehead atoms. The summed E-state index contributed by atoms with van der Waals surface area (Å²) in [6.45, 7) is 0.907. The molecule has 2 unspecified atom stereocenters. The Hall–Kier alpha value is -2.91. The molecule has 2 amide bonds. The van der Waals surface area contributed by atoms with Crippen molar-refractivity contribution in [1.82, 2.24) is 20.7 Å². The lowest BCUT2D eigenvalue weighted by Gasteiger charge is -2.32. The number of carbonyl (C=O) groups is 2. The first-order chi connectivity index (χ1) is 14.5. The summed E-state index contributed by atoms with van der Waals surface area (Å²) in [5.41, 5.74) is 7.01. The summed E-state index contributed by atoms with van der Waals surface area (Å²) in [4.78, 5) is 31.3. The van der Waals surface area contributed by atoms with Gasteiger partial charge in [0.2, 0.25) is 11.8 Å². The molecular weight excluding hydrogens is 392 g/mol. The highest BCUT2D eigenvalue weighted by molar-refractivity contribution is 5.93. The Morgan fingerprint density at radius 3 is 2.60 bits per heavy atom. The van der Waals surface area contributed by atoms with Crippen molar-refractivity contribution in [3.63, 3.8) is 0 Å². The molecule has 0 spiro atoms. The van der Waals surface area contributed by atoms with Crippen molar-refractivity contribution in [3.8, 4) is 0 Å². The van der Waals surface area contributed by atoms with Gasteiger partial charge in [-0.2, -0.15) is 0 Å². The smallest absolute Gasteiger partial charge is 0.241 e. The van der Waals surface area contributed by atoms with Crippen LogP contribution in [0.2, 0.25) is 0 Å². The van der Waals surface area contributed by atoms with E-state index in [0.717, 1.165) is 17.8 Å². The molecule has 3 N–H and O–H groups in total. The van der Waals surface area contributed by atoms with Gasteiger partial charge in [-0.25, -0.2) is 19.6 Å². The van der Waals surface area contributed by atoms with E-state index in [1.54, 1.807) is 11.1 Å². The van der Waals surface area contributed by atoms with Gasteiger partial charge in [-0.1, -0.05) is 6.07 Å². The lowest BCUT2D eigenvalue weighted by Crippen LogP contribution is -2.49. The van der Waals surface area contributed by atoms with Crippen LogP contribution in [0.1, 0.15) is 31.0 Å². The van der Waals surface area contributed by atoms with E-state index < -0.39 is 11.6 Å². The largest absolute Gasteiger partial charge is 0.341 e. The Morgan fingerprint density at radius 2 is 1.90 bits per heavy atom. The number of anilines is 1. The first-order valence-electron chi connectivity index (χ1n) is 9.98. The highest BCUT2D eigenvalue weighted by atomic mass is 19.1. The summed E-state index contributed by atoms with van der Waals surface area (Å²) in [6, 6.07) is 8.33. The number of amides is 2. The van der Waals surface area contributed by atoms with E-state index in [-0.39, 0.29) is 35.5 Å². The van der Waals surface area contributed by atoms with Gasteiger partial charge in [-0.3, -0.25) is 14.6 Å². The number of nitrogens with zero attached hydrogens (tertiary/aromatic N) is 2. The van der Waals surface area contributed by atoms with Crippen molar-refractivity contribution < 1.29 is 18.4 Å². The summed E-state index contributed by atoms with van der Waals surface area (Å²) in [5.74, 6) is -2.15. The monoisotopic (exact) mass is 415 g/mol. The summed E-state index contributed by atoms with van der Waals surface area (Å²) in [7, 11) is 0. The Kier molecular flexibility index (Phi) is 6.01. The number of benzene rings is 1. The van der Waals surface area contributed by atoms with Crippen LogP contribution in [0, 0.1) is 17.6 Å². The number of pyridine rings is 1. The number of halogens is 2. The molecule has 1 aromatic heterocycles. The molecule has 2 aliphatic heterocycles. The van der Waals surface area contributed by atoms with Crippen molar-refractivity contribution in [2.75, 3.05) is 18.4 Å². The average Bonchev–Trinajstić information content (AvgIpc) is 3.26. The van der Waals surface area contributed by atoms with Crippen molar-refractivity contribution in [2.45, 2.75) is 31.3 Å². The zero-order valence-electron chi connectivity index (χ0n) is 16.3. The zero-order chi connectivity index (χ0) is 21.1. The maximum Gasteiger partial charge on any atom is 0.241 e. The predicted octanol–water partition coefficient (Wildman–Crippen LogP) is 2.14. The first-order valence-corrected chi connectivity index (χ1v) is 9.98. The Labute approximate surface area is 172 Å². The van der Waals surface area contributed by atoms with Gasteiger partial charge >= 0.3 is 0 Å². The Morgan fingerprint density at radius 1 is 1.10 bits per heavy atom. The quantitative estimate of drug-likeness (QED) is 0.713. The number of rotatable bonds is 4. The van der Waals surface area contributed by atoms with Crippen LogP contribution in [0.3, 0.4) is 0 Å². The lowest BCUT2D eigenvalue weighted by molar-refractivity contribution is -0.136. The second-order valence-electron chi connectivity index (χ2n) is 7.60. The predicted molar refractivity (Wildman–Crippen MR) is 106 cm³/mol. The molecule has 9 heteroatoms. The second kappa shape index (κ2) is 8.85. The van der Waals surface area contributed by atoms with Gasteiger partial charge in [0.1, 0.15) is 17.7 Å². The van der Waals surface area contributed by atoms with Crippen LogP contribution in [-0.4, -0.2) is 40.8 Å². The van der Waals surface area contributed by atoms with Crippen LogP contribution < -0.4 is 16.2 Å². The molecule has 0 radical (unpaired) electrons. The molecule has 2 aromatic rings. The van der Waals surface area contributed by atoms with E-state index in [1.807, 2.05) is 18.2 Å². The number of piperidine rings is 1. The molecule has 7 nitrogen and oxygen atoms in total. The van der Waals surface area contributed by atoms with Gasteiger partial charge in [0.05, 0.1) is 17.4 Å². The fraction of sp³-hybridized carbons (Fsp3) is 0.381. The van der Waals surface area contributed by atoms with Gasteiger partial charge < -0.3 is 10.2 Å². The molecule has 0 aliphatic carbocycles. The molecule has 2 aliphatic rings. The van der Waals surface area contributed by atoms with Gasteiger partial charge in [0, 0.05) is 31.3 Å². The Bertz CT molecular complexity index is 919. The first kappa shape index (κ1) is 20.4. The SMILES string of the molecule is O=C(Nc1ccc(F)cc1F)C1CCN(C(=O)C2CC(c3ccccn3)NN2)CC1. The number of likely N-dealkylation sites (tertiary alicyclic amines) is 1. The fourth-order valence-corrected chi connectivity index (χ4v) is 3.90. The number of aromatic nitrogens is 1. The summed E-state index contributed by atoms with van der Waals surface area (Å²) >= 11 is 0. The van der Waals surface area contributed by atoms with Crippen LogP contribution >= 0.6 is 0 Å². The van der Waals surface area contributed by atoms with E-state index >= 15 is 0 Å². The number of nitrogens with one attached hydrogen (secondary N) is 3. The highest BCUT2D eigenvalue weighted by Crippen LogP contribution is 2.25. The minimum absolute atomic E-state index is 0.00984. The lowest BCUT2D eigenvalue weighted by atomic mass is 9.95. The van der Waals surface area contributed by atoms with Crippen molar-refractivity contribution >= 4 is 17.5 Å². The minimum atomic E-state index is -0.807. The molecule has 2 atom stereocenters. The molecule has 2 fully saturated rings. The van der Waals surface area contributed by atoms with E-state index in [0.29, 0.717) is 32.4 Å². The van der Waals surface area contributed by atoms with E-state index in [2.05, 4.69) is 21.2 Å². The van der Waals surface area contributed by atoms with Crippen molar-refractivity contribution in [1.29, 1.82) is 0 Å². The van der Waals surface area contributed by atoms with Gasteiger partial charge in [-0.15, -0.1) is 0 Å². The fourth-order valence-electron chi connectivity index (χ4n) is 3.90. The summed E-state index contributed by atoms with van der Waals surface area (Å²) in [6.07, 6.45) is 3.30. The second-order valence-corrected chi connectivity index (χ2v) is 7.60. The van der Waals surface area contributed by atoms with Crippen LogP contribution in [0.15, 0.2) is 42.6 Å². The number of hydrazine groups is 1. The molecule has 2 saturated heterocycles. The number of hydrogen-bond acceptors (Lipinski definition) is 5. The standard InChI is InChI=1S/C21H23F2N5O2/c22-14-4-5-16(15(23)11-14)25-20(29)13-6-9-28(10-7-13)21(30)19-12-18(26-27-19)17-3-1-2-8-24-17/h1-5,8,11,13,18-19,26-27H,6-7,9-10,12H2,(H,25,29). The van der Waals surface area contributed by atoms with Crippen LogP contribution in [0.4, 0.5) is 14.5 Å². The highest BCUT2D eigenvalue weighted by Gasteiger charge is 2.35. The average molecular weight is 415 g/mol. The Balaban J connectivity index is 1.28. The summed E-state index contributed by atoms with van der Waals surface area (Å²) < 4.78 is 26.8. The third-order valence-corrected chi connectivity index (χ3v) is 5.61. The molecule has 3 heterocycles. The molecule has 1 aromatic carbocycles. The minimum Gasteiger partial charge on any atom is -0.341 e. The van der Waals surface area contributed by atoms with Crippen LogP contribution in [-0.2, 0) is 9.59 Å². The third-order valence-electron chi connectivity index (χ3n) is 5.61. The van der Waals surface area contributed by atoms with Gasteiger partial charge in [0.25, 0.3) is 0 Å². The topological polar surface area (TPSA) is 86.4 Å². The number of carbonyl (C=O) groups excluding carboxylic acids is 2. The van der Waals surface area contributed by atoms with Crippen LogP contribution in [0.25, 0.3) is 0 Å². The van der Waals surface area contributed by atoms with Gasteiger partial charge in [-0.05, 0) is 43.5 Å². The molecule has 158 valence electrons. The van der Waals surface area contributed by atoms with Crippen molar-refractivity contribution in [2.24, 2.45) is 5.92 Å². The van der Waals surface area contributed by atoms with E-state index in [9.17, 15) is 18.4 Å². The van der Waals surface area contributed by atoms with Gasteiger partial charge in [0.15, 0.2) is 0 Å². The molecular formula is C21H23F2N5O2. The summed E-state index contributed by atoms with van der Waals surface area (Å²) in [5, 5.41) is 2.52. The maximum atomic E-state index is 13.7. The number of hydrogen-bond donors (Lipinski definition) is 3. The van der Waals surface area contributed by atoms with Crippen LogP contribution in [0.5, 0.6) is 0 Å². The molecule has 0 saturated carbocycles. The molecule has 4 rings (SSSR count).